The van der Waals surface area contributed by atoms with Gasteiger partial charge in [-0.2, -0.15) is 5.10 Å². The fourth-order valence-corrected chi connectivity index (χ4v) is 4.68. The highest BCUT2D eigenvalue weighted by Gasteiger charge is 2.38. The lowest BCUT2D eigenvalue weighted by atomic mass is 9.90. The van der Waals surface area contributed by atoms with Crippen LogP contribution in [0.3, 0.4) is 0 Å². The van der Waals surface area contributed by atoms with E-state index in [9.17, 15) is 4.79 Å². The number of hydrogen-bond acceptors (Lipinski definition) is 4. The highest BCUT2D eigenvalue weighted by molar-refractivity contribution is 5.79. The van der Waals surface area contributed by atoms with Crippen molar-refractivity contribution in [1.82, 2.24) is 19.6 Å². The highest BCUT2D eigenvalue weighted by atomic mass is 16.5. The fourth-order valence-electron chi connectivity index (χ4n) is 4.68. The van der Waals surface area contributed by atoms with Crippen LogP contribution in [-0.4, -0.2) is 63.9 Å². The number of ether oxygens (including phenoxy) is 1. The molecule has 0 radical (unpaired) electrons. The van der Waals surface area contributed by atoms with Gasteiger partial charge in [-0.1, -0.05) is 12.8 Å². The second-order valence-electron chi connectivity index (χ2n) is 7.42. The van der Waals surface area contributed by atoms with E-state index in [0.29, 0.717) is 25.2 Å². The molecule has 6 heteroatoms. The zero-order valence-corrected chi connectivity index (χ0v) is 14.6. The molecule has 3 heterocycles. The third kappa shape index (κ3) is 3.09. The second-order valence-corrected chi connectivity index (χ2v) is 7.42. The average molecular weight is 332 g/mol. The van der Waals surface area contributed by atoms with E-state index in [1.807, 2.05) is 17.9 Å². The van der Waals surface area contributed by atoms with Gasteiger partial charge >= 0.3 is 0 Å². The Morgan fingerprint density at radius 1 is 1.25 bits per heavy atom. The topological polar surface area (TPSA) is 50.6 Å². The average Bonchev–Trinajstić information content (AvgIpc) is 3.23. The van der Waals surface area contributed by atoms with E-state index in [-0.39, 0.29) is 12.0 Å². The largest absolute Gasteiger partial charge is 0.374 e. The normalized spacial score (nSPS) is 31.2. The van der Waals surface area contributed by atoms with Gasteiger partial charge in [-0.3, -0.25) is 14.4 Å². The lowest BCUT2D eigenvalue weighted by Crippen LogP contribution is -2.56. The minimum absolute atomic E-state index is 0.268. The third-order valence-electron chi connectivity index (χ3n) is 5.86. The number of carbonyl (C=O) groups excluding carboxylic acids is 1. The van der Waals surface area contributed by atoms with E-state index in [0.717, 1.165) is 38.8 Å². The van der Waals surface area contributed by atoms with Crippen molar-refractivity contribution < 1.29 is 9.53 Å². The standard InChI is InChI=1S/C18H28N4O2/c1-20-12-14(11-19-20)15-6-4-8-21(15)13-18(23)22-9-10-24-17-7-3-2-5-16(17)22/h11-12,15-17H,2-10,13H2,1H3/t15-,16+,17-/m0/s1. The van der Waals surface area contributed by atoms with Crippen LogP contribution >= 0.6 is 0 Å². The minimum atomic E-state index is 0.268. The number of amides is 1. The van der Waals surface area contributed by atoms with Gasteiger partial charge in [0.15, 0.2) is 0 Å². The molecule has 1 amide bonds. The SMILES string of the molecule is Cn1cc([C@@H]2CCCN2CC(=O)N2CCO[C@H]3CCCC[C@H]32)cn1. The zero-order chi connectivity index (χ0) is 16.5. The number of fused-ring (bicyclic) bond motifs is 1. The number of rotatable bonds is 3. The molecule has 0 aromatic carbocycles. The van der Waals surface area contributed by atoms with Gasteiger partial charge in [-0.15, -0.1) is 0 Å². The molecule has 2 saturated heterocycles. The first-order valence-corrected chi connectivity index (χ1v) is 9.36. The summed E-state index contributed by atoms with van der Waals surface area (Å²) in [6.45, 7) is 2.98. The lowest BCUT2D eigenvalue weighted by molar-refractivity contribution is -0.150. The lowest BCUT2D eigenvalue weighted by Gasteiger charge is -2.44. The van der Waals surface area contributed by atoms with Gasteiger partial charge in [0.2, 0.25) is 5.91 Å². The van der Waals surface area contributed by atoms with Crippen LogP contribution in [0.25, 0.3) is 0 Å². The number of nitrogens with zero attached hydrogens (tertiary/aromatic N) is 4. The molecular formula is C18H28N4O2. The molecule has 1 aliphatic carbocycles. The number of hydrogen-bond donors (Lipinski definition) is 0. The molecule has 3 aliphatic rings. The first kappa shape index (κ1) is 16.1. The van der Waals surface area contributed by atoms with Crippen LogP contribution in [0.1, 0.15) is 50.1 Å². The number of aryl methyl sites for hydroxylation is 1. The molecule has 0 spiro atoms. The third-order valence-corrected chi connectivity index (χ3v) is 5.86. The quantitative estimate of drug-likeness (QED) is 0.846. The summed E-state index contributed by atoms with van der Waals surface area (Å²) in [5.41, 5.74) is 1.24. The van der Waals surface area contributed by atoms with Gasteiger partial charge in [0, 0.05) is 31.4 Å². The Morgan fingerprint density at radius 2 is 2.12 bits per heavy atom. The molecular weight excluding hydrogens is 304 g/mol. The van der Waals surface area contributed by atoms with Gasteiger partial charge in [0.1, 0.15) is 0 Å². The molecule has 3 atom stereocenters. The predicted molar refractivity (Wildman–Crippen MR) is 90.5 cm³/mol. The van der Waals surface area contributed by atoms with Crippen LogP contribution in [0.15, 0.2) is 12.4 Å². The summed E-state index contributed by atoms with van der Waals surface area (Å²) in [7, 11) is 1.95. The van der Waals surface area contributed by atoms with Crippen LogP contribution in [-0.2, 0) is 16.6 Å². The zero-order valence-electron chi connectivity index (χ0n) is 14.6. The van der Waals surface area contributed by atoms with Gasteiger partial charge in [0.25, 0.3) is 0 Å². The first-order chi connectivity index (χ1) is 11.7. The second kappa shape index (κ2) is 6.84. The Hall–Kier alpha value is -1.40. The van der Waals surface area contributed by atoms with E-state index in [2.05, 4.69) is 21.1 Å². The highest BCUT2D eigenvalue weighted by Crippen LogP contribution is 2.32. The molecule has 1 saturated carbocycles. The van der Waals surface area contributed by atoms with Crippen LogP contribution < -0.4 is 0 Å². The van der Waals surface area contributed by atoms with E-state index in [1.165, 1.54) is 18.4 Å². The Balaban J connectivity index is 1.43. The molecule has 0 N–H and O–H groups in total. The van der Waals surface area contributed by atoms with Crippen molar-refractivity contribution in [3.05, 3.63) is 18.0 Å². The van der Waals surface area contributed by atoms with E-state index < -0.39 is 0 Å². The summed E-state index contributed by atoms with van der Waals surface area (Å²) in [6.07, 6.45) is 11.2. The summed E-state index contributed by atoms with van der Waals surface area (Å²) in [6, 6.07) is 0.644. The van der Waals surface area contributed by atoms with Crippen molar-refractivity contribution in [2.24, 2.45) is 7.05 Å². The van der Waals surface area contributed by atoms with Crippen molar-refractivity contribution >= 4 is 5.91 Å². The van der Waals surface area contributed by atoms with Crippen LogP contribution in [0.2, 0.25) is 0 Å². The Morgan fingerprint density at radius 3 is 2.96 bits per heavy atom. The molecule has 3 fully saturated rings. The molecule has 4 rings (SSSR count). The summed E-state index contributed by atoms with van der Waals surface area (Å²) in [5, 5.41) is 4.30. The summed E-state index contributed by atoms with van der Waals surface area (Å²) in [4.78, 5) is 17.5. The molecule has 1 aromatic heterocycles. The van der Waals surface area contributed by atoms with E-state index in [1.54, 1.807) is 0 Å². The van der Waals surface area contributed by atoms with E-state index >= 15 is 0 Å². The summed E-state index contributed by atoms with van der Waals surface area (Å²) < 4.78 is 7.76. The van der Waals surface area contributed by atoms with Crippen molar-refractivity contribution in [2.75, 3.05) is 26.2 Å². The van der Waals surface area contributed by atoms with Gasteiger partial charge < -0.3 is 9.64 Å². The Bertz CT molecular complexity index is 585. The Kier molecular flexibility index (Phi) is 4.59. The Labute approximate surface area is 143 Å². The maximum atomic E-state index is 13.0. The summed E-state index contributed by atoms with van der Waals surface area (Å²) >= 11 is 0. The number of likely N-dealkylation sites (tertiary alicyclic amines) is 1. The molecule has 0 bridgehead atoms. The molecule has 0 unspecified atom stereocenters. The van der Waals surface area contributed by atoms with Gasteiger partial charge in [-0.25, -0.2) is 0 Å². The van der Waals surface area contributed by atoms with Gasteiger partial charge in [0.05, 0.1) is 31.5 Å². The summed E-state index contributed by atoms with van der Waals surface area (Å²) in [5.74, 6) is 0.283. The monoisotopic (exact) mass is 332 g/mol. The minimum Gasteiger partial charge on any atom is -0.374 e. The van der Waals surface area contributed by atoms with Crippen molar-refractivity contribution in [2.45, 2.75) is 56.7 Å². The van der Waals surface area contributed by atoms with Gasteiger partial charge in [-0.05, 0) is 32.2 Å². The molecule has 132 valence electrons. The number of morpholine rings is 1. The van der Waals surface area contributed by atoms with Crippen molar-refractivity contribution in [3.8, 4) is 0 Å². The fraction of sp³-hybridized carbons (Fsp3) is 0.778. The first-order valence-electron chi connectivity index (χ1n) is 9.36. The number of aromatic nitrogens is 2. The van der Waals surface area contributed by atoms with E-state index in [4.69, 9.17) is 4.74 Å². The number of carbonyl (C=O) groups is 1. The van der Waals surface area contributed by atoms with Crippen LogP contribution in [0, 0.1) is 0 Å². The molecule has 1 aromatic rings. The molecule has 2 aliphatic heterocycles. The van der Waals surface area contributed by atoms with Crippen molar-refractivity contribution in [3.63, 3.8) is 0 Å². The van der Waals surface area contributed by atoms with Crippen LogP contribution in [0.5, 0.6) is 0 Å². The maximum Gasteiger partial charge on any atom is 0.237 e. The van der Waals surface area contributed by atoms with Crippen LogP contribution in [0.4, 0.5) is 0 Å². The predicted octanol–water partition coefficient (Wildman–Crippen LogP) is 1.73. The molecule has 24 heavy (non-hydrogen) atoms. The maximum absolute atomic E-state index is 13.0. The molecule has 6 nitrogen and oxygen atoms in total. The van der Waals surface area contributed by atoms with Crippen molar-refractivity contribution in [1.29, 1.82) is 0 Å². The smallest absolute Gasteiger partial charge is 0.237 e.